The maximum atomic E-state index is 12.2. The molecule has 0 spiro atoms. The molecule has 1 heterocycles. The second kappa shape index (κ2) is 6.18. The molecule has 23 heavy (non-hydrogen) atoms. The van der Waals surface area contributed by atoms with Gasteiger partial charge in [-0.3, -0.25) is 9.59 Å². The van der Waals surface area contributed by atoms with Crippen LogP contribution in [0.3, 0.4) is 0 Å². The van der Waals surface area contributed by atoms with E-state index >= 15 is 0 Å². The van der Waals surface area contributed by atoms with Gasteiger partial charge >= 0.3 is 5.97 Å². The van der Waals surface area contributed by atoms with Crippen LogP contribution in [0.15, 0.2) is 47.3 Å². The number of benzene rings is 2. The first kappa shape index (κ1) is 15.2. The zero-order chi connectivity index (χ0) is 16.4. The highest BCUT2D eigenvalue weighted by Gasteiger charge is 2.10. The third kappa shape index (κ3) is 3.07. The molecule has 0 aliphatic heterocycles. The number of hydrogen-bond donors (Lipinski definition) is 0. The Morgan fingerprint density at radius 1 is 1.13 bits per heavy atom. The number of ether oxygens (including phenoxy) is 2. The van der Waals surface area contributed by atoms with Crippen molar-refractivity contribution >= 4 is 27.4 Å². The van der Waals surface area contributed by atoms with Crippen molar-refractivity contribution in [1.29, 1.82) is 0 Å². The molecule has 0 amide bonds. The van der Waals surface area contributed by atoms with Crippen molar-refractivity contribution in [2.75, 3.05) is 7.11 Å². The van der Waals surface area contributed by atoms with Crippen LogP contribution in [-0.4, -0.2) is 18.1 Å². The van der Waals surface area contributed by atoms with E-state index in [0.717, 1.165) is 10.3 Å². The molecule has 3 rings (SSSR count). The van der Waals surface area contributed by atoms with E-state index < -0.39 is 0 Å². The summed E-state index contributed by atoms with van der Waals surface area (Å²) >= 11 is 1.38. The topological polar surface area (TPSA) is 65.5 Å². The Morgan fingerprint density at radius 2 is 1.87 bits per heavy atom. The average molecular weight is 327 g/mol. The van der Waals surface area contributed by atoms with E-state index in [2.05, 4.69) is 4.98 Å². The van der Waals surface area contributed by atoms with E-state index in [4.69, 9.17) is 9.47 Å². The molecule has 0 N–H and O–H groups in total. The Hall–Kier alpha value is -2.73. The second-order valence-electron chi connectivity index (χ2n) is 4.78. The van der Waals surface area contributed by atoms with Crippen LogP contribution >= 0.6 is 11.3 Å². The number of rotatable bonds is 3. The van der Waals surface area contributed by atoms with Crippen LogP contribution < -0.4 is 15.0 Å². The Balaban J connectivity index is 2.09. The summed E-state index contributed by atoms with van der Waals surface area (Å²) in [5.41, 5.74) is 0.479. The lowest BCUT2D eigenvalue weighted by Crippen LogP contribution is -2.06. The molecular weight excluding hydrogens is 314 g/mol. The summed E-state index contributed by atoms with van der Waals surface area (Å²) in [7, 11) is 1.57. The Morgan fingerprint density at radius 3 is 2.52 bits per heavy atom. The zero-order valence-electron chi connectivity index (χ0n) is 12.5. The number of fused-ring (bicyclic) bond motifs is 1. The fourth-order valence-electron chi connectivity index (χ4n) is 2.18. The van der Waals surface area contributed by atoms with Gasteiger partial charge in [0.25, 0.3) is 5.56 Å². The highest BCUT2D eigenvalue weighted by molar-refractivity contribution is 7.21. The van der Waals surface area contributed by atoms with Crippen molar-refractivity contribution in [2.24, 2.45) is 0 Å². The molecule has 0 aliphatic rings. The van der Waals surface area contributed by atoms with Crippen molar-refractivity contribution in [3.8, 4) is 22.1 Å². The molecule has 3 aromatic rings. The van der Waals surface area contributed by atoms with Gasteiger partial charge in [0, 0.05) is 12.5 Å². The molecule has 0 unspecified atom stereocenters. The summed E-state index contributed by atoms with van der Waals surface area (Å²) in [4.78, 5) is 27.3. The molecule has 0 saturated heterocycles. The van der Waals surface area contributed by atoms with Crippen molar-refractivity contribution in [2.45, 2.75) is 6.92 Å². The van der Waals surface area contributed by atoms with Gasteiger partial charge in [0.1, 0.15) is 16.5 Å². The van der Waals surface area contributed by atoms with Crippen LogP contribution in [0.4, 0.5) is 0 Å². The molecule has 5 nitrogen and oxygen atoms in total. The van der Waals surface area contributed by atoms with Gasteiger partial charge in [-0.25, -0.2) is 0 Å². The zero-order valence-corrected chi connectivity index (χ0v) is 13.3. The molecule has 1 aromatic heterocycles. The van der Waals surface area contributed by atoms with Crippen molar-refractivity contribution in [1.82, 2.24) is 4.98 Å². The summed E-state index contributed by atoms with van der Waals surface area (Å²) in [5, 5.41) is 1.12. The molecule has 0 saturated carbocycles. The summed E-state index contributed by atoms with van der Waals surface area (Å²) in [5.74, 6) is 0.715. The maximum Gasteiger partial charge on any atom is 0.308 e. The predicted molar refractivity (Wildman–Crippen MR) is 89.2 cm³/mol. The third-order valence-corrected chi connectivity index (χ3v) is 4.34. The third-order valence-electron chi connectivity index (χ3n) is 3.19. The van der Waals surface area contributed by atoms with Gasteiger partial charge in [-0.1, -0.05) is 6.07 Å². The van der Waals surface area contributed by atoms with Gasteiger partial charge in [0.05, 0.1) is 17.2 Å². The van der Waals surface area contributed by atoms with Crippen molar-refractivity contribution in [3.63, 3.8) is 0 Å². The maximum absolute atomic E-state index is 12.2. The lowest BCUT2D eigenvalue weighted by molar-refractivity contribution is -0.131. The number of hydrogen-bond acceptors (Lipinski definition) is 6. The SMILES string of the molecule is COc1cccc2c(=O)nc(-c3ccc(OC(C)=O)cc3)sc12. The van der Waals surface area contributed by atoms with Crippen LogP contribution in [0.25, 0.3) is 20.7 Å². The quantitative estimate of drug-likeness (QED) is 0.546. The monoisotopic (exact) mass is 327 g/mol. The standard InChI is InChI=1S/C17H13NO4S/c1-10(19)22-12-8-6-11(7-9-12)17-18-16(20)13-4-3-5-14(21-2)15(13)23-17/h3-9H,1-2H3. The normalized spacial score (nSPS) is 10.5. The fraction of sp³-hybridized carbons (Fsp3) is 0.118. The van der Waals surface area contributed by atoms with E-state index in [-0.39, 0.29) is 11.5 Å². The largest absolute Gasteiger partial charge is 0.495 e. The lowest BCUT2D eigenvalue weighted by atomic mass is 10.2. The van der Waals surface area contributed by atoms with Gasteiger partial charge in [0.2, 0.25) is 0 Å². The molecule has 0 bridgehead atoms. The lowest BCUT2D eigenvalue weighted by Gasteiger charge is -2.06. The first-order valence-electron chi connectivity index (χ1n) is 6.85. The van der Waals surface area contributed by atoms with Gasteiger partial charge in [-0.15, -0.1) is 11.3 Å². The summed E-state index contributed by atoms with van der Waals surface area (Å²) in [6.45, 7) is 1.34. The predicted octanol–water partition coefficient (Wildman–Crippen LogP) is 3.26. The number of carbonyl (C=O) groups excluding carboxylic acids is 1. The van der Waals surface area contributed by atoms with E-state index in [9.17, 15) is 9.59 Å². The van der Waals surface area contributed by atoms with Crippen LogP contribution in [0.1, 0.15) is 6.92 Å². The number of esters is 1. The fourth-order valence-corrected chi connectivity index (χ4v) is 3.27. The van der Waals surface area contributed by atoms with Crippen LogP contribution in [-0.2, 0) is 4.79 Å². The minimum absolute atomic E-state index is 0.295. The first-order valence-corrected chi connectivity index (χ1v) is 7.67. The number of carbonyl (C=O) groups is 1. The van der Waals surface area contributed by atoms with E-state index in [1.54, 1.807) is 43.5 Å². The Bertz CT molecular complexity index is 931. The van der Waals surface area contributed by atoms with Gasteiger partial charge < -0.3 is 9.47 Å². The molecule has 116 valence electrons. The minimum Gasteiger partial charge on any atom is -0.495 e. The van der Waals surface area contributed by atoms with Gasteiger partial charge in [-0.2, -0.15) is 4.98 Å². The summed E-state index contributed by atoms with van der Waals surface area (Å²) in [6.07, 6.45) is 0. The Labute approximate surface area is 136 Å². The molecule has 0 atom stereocenters. The van der Waals surface area contributed by atoms with E-state index in [1.807, 2.05) is 6.07 Å². The number of methoxy groups -OCH3 is 1. The smallest absolute Gasteiger partial charge is 0.308 e. The number of nitrogens with zero attached hydrogens (tertiary/aromatic N) is 1. The molecular formula is C17H13NO4S. The van der Waals surface area contributed by atoms with Gasteiger partial charge in [-0.05, 0) is 36.4 Å². The van der Waals surface area contributed by atoms with E-state index in [1.165, 1.54) is 18.3 Å². The molecule has 0 fully saturated rings. The molecule has 0 aliphatic carbocycles. The first-order chi connectivity index (χ1) is 11.1. The van der Waals surface area contributed by atoms with Crippen LogP contribution in [0.2, 0.25) is 0 Å². The second-order valence-corrected chi connectivity index (χ2v) is 5.78. The molecule has 0 radical (unpaired) electrons. The van der Waals surface area contributed by atoms with Crippen molar-refractivity contribution < 1.29 is 14.3 Å². The van der Waals surface area contributed by atoms with Crippen molar-refractivity contribution in [3.05, 3.63) is 52.8 Å². The summed E-state index contributed by atoms with van der Waals surface area (Å²) in [6, 6.07) is 12.2. The Kier molecular flexibility index (Phi) is 4.08. The summed E-state index contributed by atoms with van der Waals surface area (Å²) < 4.78 is 11.1. The molecule has 6 heteroatoms. The highest BCUT2D eigenvalue weighted by Crippen LogP contribution is 2.32. The van der Waals surface area contributed by atoms with Gasteiger partial charge in [0.15, 0.2) is 0 Å². The minimum atomic E-state index is -0.379. The van der Waals surface area contributed by atoms with Crippen LogP contribution in [0.5, 0.6) is 11.5 Å². The highest BCUT2D eigenvalue weighted by atomic mass is 32.1. The number of aromatic nitrogens is 1. The van der Waals surface area contributed by atoms with Crippen LogP contribution in [0, 0.1) is 0 Å². The molecule has 2 aromatic carbocycles. The van der Waals surface area contributed by atoms with E-state index in [0.29, 0.717) is 21.9 Å². The average Bonchev–Trinajstić information content (AvgIpc) is 2.54.